The highest BCUT2D eigenvalue weighted by Crippen LogP contribution is 2.21. The molecule has 124 valence electrons. The van der Waals surface area contributed by atoms with Crippen LogP contribution in [0.5, 0.6) is 5.75 Å². The Morgan fingerprint density at radius 1 is 1.08 bits per heavy atom. The molecule has 0 radical (unpaired) electrons. The van der Waals surface area contributed by atoms with Gasteiger partial charge in [0.25, 0.3) is 5.91 Å². The van der Waals surface area contributed by atoms with Crippen molar-refractivity contribution in [1.82, 2.24) is 4.90 Å². The summed E-state index contributed by atoms with van der Waals surface area (Å²) >= 11 is 0. The number of rotatable bonds is 5. The lowest BCUT2D eigenvalue weighted by Gasteiger charge is -2.18. The molecule has 3 rings (SSSR count). The Hall–Kier alpha value is -2.82. The Bertz CT molecular complexity index is 729. The number of hydrogen-bond acceptors (Lipinski definition) is 3. The summed E-state index contributed by atoms with van der Waals surface area (Å²) in [5, 5.41) is 9.09. The van der Waals surface area contributed by atoms with Crippen LogP contribution < -0.4 is 4.74 Å². The zero-order chi connectivity index (χ0) is 16.9. The molecule has 0 spiro atoms. The summed E-state index contributed by atoms with van der Waals surface area (Å²) in [6.45, 7) is 1.04. The molecule has 1 aliphatic heterocycles. The first-order chi connectivity index (χ1) is 11.6. The summed E-state index contributed by atoms with van der Waals surface area (Å²) in [6.07, 6.45) is 0.504. The minimum atomic E-state index is -0.842. The van der Waals surface area contributed by atoms with Crippen LogP contribution in [0.3, 0.4) is 0 Å². The first-order valence-electron chi connectivity index (χ1n) is 7.93. The van der Waals surface area contributed by atoms with Gasteiger partial charge in [0, 0.05) is 24.2 Å². The molecule has 1 amide bonds. The van der Waals surface area contributed by atoms with Gasteiger partial charge < -0.3 is 14.7 Å². The maximum atomic E-state index is 12.7. The number of amides is 1. The van der Waals surface area contributed by atoms with Gasteiger partial charge in [0.05, 0.1) is 5.92 Å². The van der Waals surface area contributed by atoms with Crippen LogP contribution in [0.4, 0.5) is 0 Å². The van der Waals surface area contributed by atoms with E-state index in [0.29, 0.717) is 25.1 Å². The largest absolute Gasteiger partial charge is 0.489 e. The number of carbonyl (C=O) groups is 2. The Morgan fingerprint density at radius 2 is 1.79 bits per heavy atom. The molecule has 1 atom stereocenters. The molecule has 0 aromatic heterocycles. The van der Waals surface area contributed by atoms with Crippen LogP contribution in [0.25, 0.3) is 0 Å². The van der Waals surface area contributed by atoms with Crippen LogP contribution in [-0.4, -0.2) is 35.0 Å². The van der Waals surface area contributed by atoms with Gasteiger partial charge in [-0.25, -0.2) is 0 Å². The van der Waals surface area contributed by atoms with E-state index in [1.165, 1.54) is 0 Å². The normalized spacial score (nSPS) is 16.8. The van der Waals surface area contributed by atoms with Crippen LogP contribution in [0, 0.1) is 5.92 Å². The third kappa shape index (κ3) is 3.56. The summed E-state index contributed by atoms with van der Waals surface area (Å²) in [5.41, 5.74) is 1.37. The summed E-state index contributed by atoms with van der Waals surface area (Å²) < 4.78 is 5.74. The SMILES string of the molecule is O=C(O)C1CCN(C(=O)c2ccccc2COc2ccccc2)C1. The number of carboxylic acid groups (broad SMARTS) is 1. The molecule has 24 heavy (non-hydrogen) atoms. The molecular formula is C19H19NO4. The van der Waals surface area contributed by atoms with Crippen LogP contribution in [0.1, 0.15) is 22.3 Å². The zero-order valence-corrected chi connectivity index (χ0v) is 13.2. The molecule has 0 saturated carbocycles. The second-order valence-electron chi connectivity index (χ2n) is 5.83. The van der Waals surface area contributed by atoms with Gasteiger partial charge in [0.2, 0.25) is 0 Å². The van der Waals surface area contributed by atoms with E-state index in [1.807, 2.05) is 48.5 Å². The van der Waals surface area contributed by atoms with Gasteiger partial charge in [-0.15, -0.1) is 0 Å². The summed E-state index contributed by atoms with van der Waals surface area (Å²) in [7, 11) is 0. The molecule has 2 aromatic carbocycles. The van der Waals surface area contributed by atoms with Crippen molar-refractivity contribution in [3.8, 4) is 5.75 Å². The van der Waals surface area contributed by atoms with Gasteiger partial charge in [0.15, 0.2) is 0 Å². The van der Waals surface area contributed by atoms with Gasteiger partial charge >= 0.3 is 5.97 Å². The highest BCUT2D eigenvalue weighted by atomic mass is 16.5. The van der Waals surface area contributed by atoms with Crippen molar-refractivity contribution in [2.24, 2.45) is 5.92 Å². The number of nitrogens with zero attached hydrogens (tertiary/aromatic N) is 1. The van der Waals surface area contributed by atoms with Crippen molar-refractivity contribution < 1.29 is 19.4 Å². The van der Waals surface area contributed by atoms with E-state index in [-0.39, 0.29) is 12.5 Å². The van der Waals surface area contributed by atoms with Gasteiger partial charge in [-0.05, 0) is 24.6 Å². The number of hydrogen-bond donors (Lipinski definition) is 1. The van der Waals surface area contributed by atoms with E-state index in [4.69, 9.17) is 9.84 Å². The van der Waals surface area contributed by atoms with Crippen LogP contribution >= 0.6 is 0 Å². The fourth-order valence-corrected chi connectivity index (χ4v) is 2.85. The van der Waals surface area contributed by atoms with Gasteiger partial charge in [-0.3, -0.25) is 9.59 Å². The third-order valence-electron chi connectivity index (χ3n) is 4.21. The number of para-hydroxylation sites is 1. The highest BCUT2D eigenvalue weighted by Gasteiger charge is 2.31. The molecule has 5 heteroatoms. The number of carboxylic acids is 1. The Morgan fingerprint density at radius 3 is 2.50 bits per heavy atom. The van der Waals surface area contributed by atoms with E-state index in [2.05, 4.69) is 0 Å². The van der Waals surface area contributed by atoms with E-state index < -0.39 is 11.9 Å². The molecule has 5 nitrogen and oxygen atoms in total. The third-order valence-corrected chi connectivity index (χ3v) is 4.21. The number of likely N-dealkylation sites (tertiary alicyclic amines) is 1. The number of carbonyl (C=O) groups excluding carboxylic acids is 1. The molecule has 1 saturated heterocycles. The van der Waals surface area contributed by atoms with Crippen molar-refractivity contribution in [3.63, 3.8) is 0 Å². The number of ether oxygens (including phenoxy) is 1. The molecule has 1 N–H and O–H groups in total. The van der Waals surface area contributed by atoms with Gasteiger partial charge in [0.1, 0.15) is 12.4 Å². The standard InChI is InChI=1S/C19H19NO4/c21-18(20-11-10-14(12-20)19(22)23)17-9-5-4-6-15(17)13-24-16-7-2-1-3-8-16/h1-9,14H,10-13H2,(H,22,23). The molecule has 1 unspecified atom stereocenters. The van der Waals surface area contributed by atoms with Crippen molar-refractivity contribution in [2.75, 3.05) is 13.1 Å². The lowest BCUT2D eigenvalue weighted by atomic mass is 10.1. The lowest BCUT2D eigenvalue weighted by Crippen LogP contribution is -2.30. The fourth-order valence-electron chi connectivity index (χ4n) is 2.85. The van der Waals surface area contributed by atoms with E-state index >= 15 is 0 Å². The van der Waals surface area contributed by atoms with Crippen LogP contribution in [0.15, 0.2) is 54.6 Å². The van der Waals surface area contributed by atoms with Crippen molar-refractivity contribution in [1.29, 1.82) is 0 Å². The second kappa shape index (κ2) is 7.17. The molecule has 1 aliphatic rings. The Balaban J connectivity index is 1.72. The molecule has 1 heterocycles. The molecule has 2 aromatic rings. The predicted octanol–water partition coefficient (Wildman–Crippen LogP) is 2.81. The zero-order valence-electron chi connectivity index (χ0n) is 13.2. The lowest BCUT2D eigenvalue weighted by molar-refractivity contribution is -0.141. The summed E-state index contributed by atoms with van der Waals surface area (Å²) in [5.74, 6) is -0.703. The van der Waals surface area contributed by atoms with Crippen LogP contribution in [0.2, 0.25) is 0 Å². The first-order valence-corrected chi connectivity index (χ1v) is 7.93. The van der Waals surface area contributed by atoms with Crippen LogP contribution in [-0.2, 0) is 11.4 Å². The minimum Gasteiger partial charge on any atom is -0.489 e. The first kappa shape index (κ1) is 16.1. The van der Waals surface area contributed by atoms with Crippen molar-refractivity contribution >= 4 is 11.9 Å². The molecule has 0 aliphatic carbocycles. The maximum Gasteiger partial charge on any atom is 0.308 e. The summed E-state index contributed by atoms with van der Waals surface area (Å²) in [4.78, 5) is 25.4. The predicted molar refractivity (Wildman–Crippen MR) is 88.9 cm³/mol. The number of benzene rings is 2. The Labute approximate surface area is 140 Å². The van der Waals surface area contributed by atoms with E-state index in [1.54, 1.807) is 11.0 Å². The van der Waals surface area contributed by atoms with Crippen molar-refractivity contribution in [3.05, 3.63) is 65.7 Å². The Kier molecular flexibility index (Phi) is 4.79. The fraction of sp³-hybridized carbons (Fsp3) is 0.263. The summed E-state index contributed by atoms with van der Waals surface area (Å²) in [6, 6.07) is 16.7. The minimum absolute atomic E-state index is 0.133. The molecule has 1 fully saturated rings. The quantitative estimate of drug-likeness (QED) is 0.918. The number of aliphatic carboxylic acids is 1. The van der Waals surface area contributed by atoms with Gasteiger partial charge in [-0.2, -0.15) is 0 Å². The average molecular weight is 325 g/mol. The topological polar surface area (TPSA) is 66.8 Å². The molecular weight excluding hydrogens is 306 g/mol. The smallest absolute Gasteiger partial charge is 0.308 e. The van der Waals surface area contributed by atoms with E-state index in [0.717, 1.165) is 11.3 Å². The van der Waals surface area contributed by atoms with E-state index in [9.17, 15) is 9.59 Å². The highest BCUT2D eigenvalue weighted by molar-refractivity contribution is 5.96. The van der Waals surface area contributed by atoms with Gasteiger partial charge in [-0.1, -0.05) is 36.4 Å². The monoisotopic (exact) mass is 325 g/mol. The second-order valence-corrected chi connectivity index (χ2v) is 5.83. The maximum absolute atomic E-state index is 12.7. The van der Waals surface area contributed by atoms with Crippen molar-refractivity contribution in [2.45, 2.75) is 13.0 Å². The average Bonchev–Trinajstić information content (AvgIpc) is 3.11. The molecule has 0 bridgehead atoms.